The lowest BCUT2D eigenvalue weighted by atomic mass is 10.2. The number of hydrogen-bond donors (Lipinski definition) is 1. The summed E-state index contributed by atoms with van der Waals surface area (Å²) in [5, 5.41) is 5.23. The first-order valence-corrected chi connectivity index (χ1v) is 10.5. The fourth-order valence-electron chi connectivity index (χ4n) is 2.74. The molecule has 3 rings (SSSR count). The SMILES string of the molecule is CCOc1ccc(/C=C/C(=O)Nc2nc(-c3cccc(OC)c3)cs2)cc1OCC. The second-order valence-corrected chi connectivity index (χ2v) is 7.02. The molecule has 0 radical (unpaired) electrons. The highest BCUT2D eigenvalue weighted by molar-refractivity contribution is 7.14. The van der Waals surface area contributed by atoms with Gasteiger partial charge in [0.1, 0.15) is 5.75 Å². The number of carbonyl (C=O) groups excluding carboxylic acids is 1. The molecule has 0 unspecified atom stereocenters. The topological polar surface area (TPSA) is 69.7 Å². The number of methoxy groups -OCH3 is 1. The van der Waals surface area contributed by atoms with Crippen molar-refractivity contribution in [2.75, 3.05) is 25.6 Å². The molecule has 0 aliphatic heterocycles. The summed E-state index contributed by atoms with van der Waals surface area (Å²) >= 11 is 1.37. The number of nitrogens with one attached hydrogen (secondary N) is 1. The smallest absolute Gasteiger partial charge is 0.250 e. The van der Waals surface area contributed by atoms with Crippen molar-refractivity contribution in [2.45, 2.75) is 13.8 Å². The van der Waals surface area contributed by atoms with Gasteiger partial charge in [-0.05, 0) is 49.8 Å². The number of amides is 1. The molecule has 0 bridgehead atoms. The highest BCUT2D eigenvalue weighted by atomic mass is 32.1. The molecule has 1 amide bonds. The fourth-order valence-corrected chi connectivity index (χ4v) is 3.46. The van der Waals surface area contributed by atoms with Gasteiger partial charge < -0.3 is 14.2 Å². The molecule has 2 aromatic carbocycles. The molecule has 3 aromatic rings. The number of benzene rings is 2. The lowest BCUT2D eigenvalue weighted by molar-refractivity contribution is -0.111. The van der Waals surface area contributed by atoms with E-state index in [9.17, 15) is 4.79 Å². The van der Waals surface area contributed by atoms with Crippen molar-refractivity contribution in [2.24, 2.45) is 0 Å². The molecule has 156 valence electrons. The zero-order valence-corrected chi connectivity index (χ0v) is 18.0. The minimum atomic E-state index is -0.256. The molecule has 1 N–H and O–H groups in total. The maximum Gasteiger partial charge on any atom is 0.250 e. The van der Waals surface area contributed by atoms with Gasteiger partial charge >= 0.3 is 0 Å². The Morgan fingerprint density at radius 1 is 1.10 bits per heavy atom. The molecule has 1 heterocycles. The quantitative estimate of drug-likeness (QED) is 0.474. The van der Waals surface area contributed by atoms with Crippen LogP contribution in [0.5, 0.6) is 17.2 Å². The van der Waals surface area contributed by atoms with Crippen molar-refractivity contribution in [1.29, 1.82) is 0 Å². The summed E-state index contributed by atoms with van der Waals surface area (Å²) in [4.78, 5) is 16.8. The summed E-state index contributed by atoms with van der Waals surface area (Å²) in [5.41, 5.74) is 2.55. The lowest BCUT2D eigenvalue weighted by Crippen LogP contribution is -2.07. The number of ether oxygens (including phenoxy) is 3. The Morgan fingerprint density at radius 3 is 2.67 bits per heavy atom. The monoisotopic (exact) mass is 424 g/mol. The normalized spacial score (nSPS) is 10.8. The Hall–Kier alpha value is -3.32. The van der Waals surface area contributed by atoms with E-state index >= 15 is 0 Å². The number of aromatic nitrogens is 1. The highest BCUT2D eigenvalue weighted by Crippen LogP contribution is 2.29. The lowest BCUT2D eigenvalue weighted by Gasteiger charge is -2.11. The van der Waals surface area contributed by atoms with Crippen LogP contribution in [0.1, 0.15) is 19.4 Å². The van der Waals surface area contributed by atoms with Crippen LogP contribution in [-0.4, -0.2) is 31.2 Å². The summed E-state index contributed by atoms with van der Waals surface area (Å²) in [6, 6.07) is 13.2. The molecule has 6 nitrogen and oxygen atoms in total. The van der Waals surface area contributed by atoms with Crippen LogP contribution in [0.25, 0.3) is 17.3 Å². The largest absolute Gasteiger partial charge is 0.497 e. The van der Waals surface area contributed by atoms with Gasteiger partial charge in [-0.15, -0.1) is 11.3 Å². The molecular weight excluding hydrogens is 400 g/mol. The summed E-state index contributed by atoms with van der Waals surface area (Å²) in [5.74, 6) is 1.85. The molecule has 7 heteroatoms. The van der Waals surface area contributed by atoms with Crippen LogP contribution in [0.4, 0.5) is 5.13 Å². The van der Waals surface area contributed by atoms with Crippen molar-refractivity contribution in [3.8, 4) is 28.5 Å². The van der Waals surface area contributed by atoms with E-state index < -0.39 is 0 Å². The van der Waals surface area contributed by atoms with E-state index in [4.69, 9.17) is 14.2 Å². The van der Waals surface area contributed by atoms with Crippen molar-refractivity contribution >= 4 is 28.5 Å². The summed E-state index contributed by atoms with van der Waals surface area (Å²) < 4.78 is 16.4. The number of hydrogen-bond acceptors (Lipinski definition) is 6. The van der Waals surface area contributed by atoms with Crippen LogP contribution in [0.2, 0.25) is 0 Å². The molecule has 0 aliphatic rings. The third-order valence-corrected chi connectivity index (χ3v) is 4.85. The summed E-state index contributed by atoms with van der Waals surface area (Å²) in [6.45, 7) is 4.93. The van der Waals surface area contributed by atoms with Gasteiger partial charge in [0, 0.05) is 17.0 Å². The molecule has 0 spiro atoms. The first-order chi connectivity index (χ1) is 14.6. The van der Waals surface area contributed by atoms with Gasteiger partial charge in [0.2, 0.25) is 5.91 Å². The predicted octanol–water partition coefficient (Wildman–Crippen LogP) is 5.27. The van der Waals surface area contributed by atoms with Gasteiger partial charge in [-0.25, -0.2) is 4.98 Å². The third kappa shape index (κ3) is 5.61. The number of thiazole rings is 1. The van der Waals surface area contributed by atoms with E-state index in [1.54, 1.807) is 13.2 Å². The fraction of sp³-hybridized carbons (Fsp3) is 0.217. The second kappa shape index (κ2) is 10.5. The molecular formula is C23H24N2O4S. The van der Waals surface area contributed by atoms with Crippen LogP contribution in [0.3, 0.4) is 0 Å². The summed E-state index contributed by atoms with van der Waals surface area (Å²) in [6.07, 6.45) is 3.20. The van der Waals surface area contributed by atoms with Gasteiger partial charge in [0.05, 0.1) is 26.0 Å². The van der Waals surface area contributed by atoms with E-state index in [0.29, 0.717) is 29.8 Å². The van der Waals surface area contributed by atoms with Crippen LogP contribution in [-0.2, 0) is 4.79 Å². The van der Waals surface area contributed by atoms with Crippen molar-refractivity contribution in [1.82, 2.24) is 4.98 Å². The van der Waals surface area contributed by atoms with E-state index in [0.717, 1.165) is 22.6 Å². The Kier molecular flexibility index (Phi) is 7.45. The molecule has 0 fully saturated rings. The maximum atomic E-state index is 12.3. The highest BCUT2D eigenvalue weighted by Gasteiger charge is 2.08. The molecule has 0 aliphatic carbocycles. The third-order valence-electron chi connectivity index (χ3n) is 4.09. The number of anilines is 1. The van der Waals surface area contributed by atoms with Crippen molar-refractivity contribution < 1.29 is 19.0 Å². The molecule has 0 atom stereocenters. The Balaban J connectivity index is 1.66. The first kappa shape index (κ1) is 21.4. The average molecular weight is 425 g/mol. The minimum absolute atomic E-state index is 0.256. The maximum absolute atomic E-state index is 12.3. The Morgan fingerprint density at radius 2 is 1.90 bits per heavy atom. The average Bonchev–Trinajstić information content (AvgIpc) is 3.22. The Bertz CT molecular complexity index is 1030. The molecule has 0 saturated carbocycles. The van der Waals surface area contributed by atoms with E-state index in [-0.39, 0.29) is 5.91 Å². The standard InChI is InChI=1S/C23H24N2O4S/c1-4-28-20-11-9-16(13-21(20)29-5-2)10-12-22(26)25-23-24-19(15-30-23)17-7-6-8-18(14-17)27-3/h6-15H,4-5H2,1-3H3,(H,24,25,26)/b12-10+. The summed E-state index contributed by atoms with van der Waals surface area (Å²) in [7, 11) is 1.62. The van der Waals surface area contributed by atoms with E-state index in [1.807, 2.05) is 61.7 Å². The van der Waals surface area contributed by atoms with Gasteiger partial charge in [-0.2, -0.15) is 0 Å². The predicted molar refractivity (Wildman–Crippen MR) is 121 cm³/mol. The van der Waals surface area contributed by atoms with Crippen LogP contribution in [0, 0.1) is 0 Å². The Labute approximate surface area is 180 Å². The van der Waals surface area contributed by atoms with Gasteiger partial charge in [0.15, 0.2) is 16.6 Å². The molecule has 1 aromatic heterocycles. The van der Waals surface area contributed by atoms with Gasteiger partial charge in [-0.1, -0.05) is 18.2 Å². The number of nitrogens with zero attached hydrogens (tertiary/aromatic N) is 1. The van der Waals surface area contributed by atoms with Crippen LogP contribution >= 0.6 is 11.3 Å². The number of rotatable bonds is 9. The zero-order valence-electron chi connectivity index (χ0n) is 17.2. The molecule has 0 saturated heterocycles. The molecule has 30 heavy (non-hydrogen) atoms. The van der Waals surface area contributed by atoms with E-state index in [2.05, 4.69) is 10.3 Å². The zero-order chi connectivity index (χ0) is 21.3. The van der Waals surface area contributed by atoms with Gasteiger partial charge in [-0.3, -0.25) is 10.1 Å². The van der Waals surface area contributed by atoms with Crippen molar-refractivity contribution in [3.05, 3.63) is 59.5 Å². The second-order valence-electron chi connectivity index (χ2n) is 6.16. The van der Waals surface area contributed by atoms with E-state index in [1.165, 1.54) is 17.4 Å². The first-order valence-electron chi connectivity index (χ1n) is 9.61. The van der Waals surface area contributed by atoms with Crippen molar-refractivity contribution in [3.63, 3.8) is 0 Å². The number of carbonyl (C=O) groups is 1. The van der Waals surface area contributed by atoms with Gasteiger partial charge in [0.25, 0.3) is 0 Å². The van der Waals surface area contributed by atoms with Crippen LogP contribution < -0.4 is 19.5 Å². The van der Waals surface area contributed by atoms with Crippen LogP contribution in [0.15, 0.2) is 53.9 Å². The minimum Gasteiger partial charge on any atom is -0.497 e.